The van der Waals surface area contributed by atoms with Crippen molar-refractivity contribution < 1.29 is 14.7 Å². The molecule has 76 valence electrons. The number of ketones is 1. The van der Waals surface area contributed by atoms with Gasteiger partial charge < -0.3 is 5.11 Å². The van der Waals surface area contributed by atoms with Crippen LogP contribution in [-0.2, 0) is 4.79 Å². The molecule has 0 aliphatic carbocycles. The zero-order valence-electron chi connectivity index (χ0n) is 6.92. The van der Waals surface area contributed by atoms with Crippen LogP contribution in [0.1, 0.15) is 22.5 Å². The van der Waals surface area contributed by atoms with Crippen LogP contribution in [0.5, 0.6) is 0 Å². The van der Waals surface area contributed by atoms with Gasteiger partial charge >= 0.3 is 5.97 Å². The molecule has 0 spiro atoms. The molecule has 3 nitrogen and oxygen atoms in total. The van der Waals surface area contributed by atoms with Crippen LogP contribution < -0.4 is 0 Å². The van der Waals surface area contributed by atoms with Gasteiger partial charge in [0.15, 0.2) is 5.78 Å². The number of carboxylic acid groups (broad SMARTS) is 1. The average Bonchev–Trinajstić information content (AvgIpc) is 2.43. The van der Waals surface area contributed by atoms with E-state index in [4.69, 9.17) is 16.7 Å². The molecule has 1 heterocycles. The van der Waals surface area contributed by atoms with Crippen LogP contribution in [0.4, 0.5) is 0 Å². The van der Waals surface area contributed by atoms with Crippen molar-refractivity contribution in [1.29, 1.82) is 0 Å². The molecule has 1 aromatic rings. The third kappa shape index (κ3) is 3.08. The summed E-state index contributed by atoms with van der Waals surface area (Å²) in [6, 6.07) is 1.54. The molecule has 0 aliphatic heterocycles. The number of hydrogen-bond donors (Lipinski definition) is 1. The molecule has 1 rings (SSSR count). The van der Waals surface area contributed by atoms with Crippen molar-refractivity contribution >= 4 is 50.6 Å². The Kier molecular flexibility index (Phi) is 4.10. The molecule has 6 heteroatoms. The molecular weight excluding hydrogens is 292 g/mol. The lowest BCUT2D eigenvalue weighted by molar-refractivity contribution is -0.136. The highest BCUT2D eigenvalue weighted by molar-refractivity contribution is 9.11. The minimum absolute atomic E-state index is 0.0125. The zero-order valence-corrected chi connectivity index (χ0v) is 10.1. The van der Waals surface area contributed by atoms with E-state index >= 15 is 0 Å². The number of carbonyl (C=O) groups is 2. The average molecular weight is 298 g/mol. The fraction of sp³-hybridized carbons (Fsp3) is 0.250. The van der Waals surface area contributed by atoms with E-state index in [0.717, 1.165) is 0 Å². The highest BCUT2D eigenvalue weighted by Gasteiger charge is 2.13. The SMILES string of the molecule is O=C(O)CCC(=O)c1cc(Cl)c(Br)s1. The van der Waals surface area contributed by atoms with Crippen LogP contribution in [0.15, 0.2) is 9.85 Å². The summed E-state index contributed by atoms with van der Waals surface area (Å²) in [6.07, 6.45) is -0.134. The van der Waals surface area contributed by atoms with Crippen LogP contribution in [-0.4, -0.2) is 16.9 Å². The normalized spacial score (nSPS) is 10.1. The number of carbonyl (C=O) groups excluding carboxylic acids is 1. The first-order valence-electron chi connectivity index (χ1n) is 3.70. The molecule has 0 aliphatic rings. The van der Waals surface area contributed by atoms with Gasteiger partial charge in [-0.2, -0.15) is 0 Å². The Labute approximate surface area is 97.8 Å². The second-order valence-electron chi connectivity index (χ2n) is 2.55. The smallest absolute Gasteiger partial charge is 0.303 e. The van der Waals surface area contributed by atoms with Crippen LogP contribution in [0.2, 0.25) is 5.02 Å². The monoisotopic (exact) mass is 296 g/mol. The number of carboxylic acids is 1. The predicted octanol–water partition coefficient (Wildman–Crippen LogP) is 3.21. The molecule has 0 aromatic carbocycles. The second-order valence-corrected chi connectivity index (χ2v) is 5.33. The lowest BCUT2D eigenvalue weighted by Crippen LogP contribution is -2.01. The molecule has 0 unspecified atom stereocenters. The van der Waals surface area contributed by atoms with Crippen LogP contribution in [0, 0.1) is 0 Å². The molecule has 0 saturated heterocycles. The molecule has 0 atom stereocenters. The van der Waals surface area contributed by atoms with Crippen molar-refractivity contribution in [2.45, 2.75) is 12.8 Å². The summed E-state index contributed by atoms with van der Waals surface area (Å²) in [5.41, 5.74) is 0. The maximum Gasteiger partial charge on any atom is 0.303 e. The third-order valence-electron chi connectivity index (χ3n) is 1.49. The van der Waals surface area contributed by atoms with E-state index < -0.39 is 5.97 Å². The van der Waals surface area contributed by atoms with Gasteiger partial charge in [-0.05, 0) is 22.0 Å². The largest absolute Gasteiger partial charge is 0.481 e. The van der Waals surface area contributed by atoms with Gasteiger partial charge in [-0.15, -0.1) is 11.3 Å². The first-order chi connectivity index (χ1) is 6.50. The third-order valence-corrected chi connectivity index (χ3v) is 4.00. The predicted molar refractivity (Wildman–Crippen MR) is 58.2 cm³/mol. The standard InChI is InChI=1S/C8H6BrClO3S/c9-8-4(10)3-6(14-8)5(11)1-2-7(12)13/h3H,1-2H2,(H,12,13). The van der Waals surface area contributed by atoms with Crippen LogP contribution in [0.25, 0.3) is 0 Å². The van der Waals surface area contributed by atoms with Gasteiger partial charge in [0.05, 0.1) is 20.1 Å². The Morgan fingerprint density at radius 2 is 2.14 bits per heavy atom. The molecule has 0 radical (unpaired) electrons. The molecule has 1 aromatic heterocycles. The minimum atomic E-state index is -0.972. The van der Waals surface area contributed by atoms with Gasteiger partial charge in [0.2, 0.25) is 0 Å². The molecule has 0 fully saturated rings. The topological polar surface area (TPSA) is 54.4 Å². The van der Waals surface area contributed by atoms with E-state index in [9.17, 15) is 9.59 Å². The van der Waals surface area contributed by atoms with Gasteiger partial charge in [-0.1, -0.05) is 11.6 Å². The van der Waals surface area contributed by atoms with Gasteiger partial charge in [0.1, 0.15) is 0 Å². The maximum absolute atomic E-state index is 11.4. The van der Waals surface area contributed by atoms with Gasteiger partial charge in [-0.3, -0.25) is 9.59 Å². The van der Waals surface area contributed by atoms with Crippen molar-refractivity contribution in [1.82, 2.24) is 0 Å². The summed E-state index contributed by atoms with van der Waals surface area (Å²) < 4.78 is 0.692. The number of Topliss-reactive ketones (excluding diaryl/α,β-unsaturated/α-hetero) is 1. The van der Waals surface area contributed by atoms with Crippen molar-refractivity contribution in [3.05, 3.63) is 19.8 Å². The first kappa shape index (κ1) is 11.7. The molecule has 1 N–H and O–H groups in total. The summed E-state index contributed by atoms with van der Waals surface area (Å²) in [4.78, 5) is 22.1. The Morgan fingerprint density at radius 1 is 1.50 bits per heavy atom. The molecule has 0 saturated carbocycles. The number of halogens is 2. The van der Waals surface area contributed by atoms with Crippen LogP contribution in [0.3, 0.4) is 0 Å². The minimum Gasteiger partial charge on any atom is -0.481 e. The van der Waals surface area contributed by atoms with E-state index in [2.05, 4.69) is 15.9 Å². The summed E-state index contributed by atoms with van der Waals surface area (Å²) in [5.74, 6) is -1.16. The Balaban J connectivity index is 2.65. The van der Waals surface area contributed by atoms with Crippen molar-refractivity contribution in [3.8, 4) is 0 Å². The van der Waals surface area contributed by atoms with E-state index in [0.29, 0.717) is 13.7 Å². The van der Waals surface area contributed by atoms with E-state index in [1.54, 1.807) is 6.07 Å². The summed E-state index contributed by atoms with van der Waals surface area (Å²) >= 11 is 10.1. The van der Waals surface area contributed by atoms with Crippen molar-refractivity contribution in [2.24, 2.45) is 0 Å². The fourth-order valence-corrected chi connectivity index (χ4v) is 2.50. The molecular formula is C8H6BrClO3S. The maximum atomic E-state index is 11.4. The fourth-order valence-electron chi connectivity index (χ4n) is 0.828. The summed E-state index contributed by atoms with van der Waals surface area (Å²) in [5, 5.41) is 8.87. The molecule has 14 heavy (non-hydrogen) atoms. The second kappa shape index (κ2) is 4.91. The highest BCUT2D eigenvalue weighted by atomic mass is 79.9. The number of rotatable bonds is 4. The Morgan fingerprint density at radius 3 is 2.57 bits per heavy atom. The number of thiophene rings is 1. The van der Waals surface area contributed by atoms with Gasteiger partial charge in [-0.25, -0.2) is 0 Å². The Hall–Kier alpha value is -0.390. The number of hydrogen-bond acceptors (Lipinski definition) is 3. The Bertz CT molecular complexity index is 355. The summed E-state index contributed by atoms with van der Waals surface area (Å²) in [7, 11) is 0. The van der Waals surface area contributed by atoms with E-state index in [-0.39, 0.29) is 18.6 Å². The quantitative estimate of drug-likeness (QED) is 0.868. The van der Waals surface area contributed by atoms with Crippen LogP contribution >= 0.6 is 38.9 Å². The lowest BCUT2D eigenvalue weighted by Gasteiger charge is -1.92. The highest BCUT2D eigenvalue weighted by Crippen LogP contribution is 2.32. The first-order valence-corrected chi connectivity index (χ1v) is 5.69. The van der Waals surface area contributed by atoms with E-state index in [1.165, 1.54) is 11.3 Å². The van der Waals surface area contributed by atoms with Crippen molar-refractivity contribution in [2.75, 3.05) is 0 Å². The summed E-state index contributed by atoms with van der Waals surface area (Å²) in [6.45, 7) is 0. The van der Waals surface area contributed by atoms with Gasteiger partial charge in [0, 0.05) is 6.42 Å². The lowest BCUT2D eigenvalue weighted by atomic mass is 10.2. The molecule has 0 amide bonds. The van der Waals surface area contributed by atoms with Crippen molar-refractivity contribution in [3.63, 3.8) is 0 Å². The van der Waals surface area contributed by atoms with E-state index in [1.807, 2.05) is 0 Å². The number of aliphatic carboxylic acids is 1. The zero-order chi connectivity index (χ0) is 10.7. The molecule has 0 bridgehead atoms. The van der Waals surface area contributed by atoms with Gasteiger partial charge in [0.25, 0.3) is 0 Å².